The standard InChI is InChI=1S/C19H18N2O6/c1-12-4-5-14(10-17(12)22)19(24)27-11-18(23)20-8-2-3-13-9-15(21(25)26)6-7-16(13)20/h4-7,9-10,22H,2-3,8,11H2,1H3. The zero-order valence-corrected chi connectivity index (χ0v) is 14.7. The van der Waals surface area contributed by atoms with Crippen molar-refractivity contribution in [1.29, 1.82) is 0 Å². The number of rotatable bonds is 4. The van der Waals surface area contributed by atoms with Crippen LogP contribution in [-0.4, -0.2) is 35.1 Å². The molecule has 8 nitrogen and oxygen atoms in total. The Kier molecular flexibility index (Phi) is 5.07. The van der Waals surface area contributed by atoms with E-state index in [2.05, 4.69) is 0 Å². The van der Waals surface area contributed by atoms with Crippen LogP contribution in [0.2, 0.25) is 0 Å². The third-order valence-electron chi connectivity index (χ3n) is 4.47. The van der Waals surface area contributed by atoms with E-state index in [0.29, 0.717) is 30.6 Å². The molecule has 0 bridgehead atoms. The van der Waals surface area contributed by atoms with Crippen molar-refractivity contribution in [2.75, 3.05) is 18.1 Å². The summed E-state index contributed by atoms with van der Waals surface area (Å²) in [6.07, 6.45) is 1.31. The van der Waals surface area contributed by atoms with E-state index in [1.165, 1.54) is 29.2 Å². The highest BCUT2D eigenvalue weighted by atomic mass is 16.6. The first kappa shape index (κ1) is 18.4. The molecule has 0 fully saturated rings. The second-order valence-electron chi connectivity index (χ2n) is 6.30. The Bertz CT molecular complexity index is 924. The summed E-state index contributed by atoms with van der Waals surface area (Å²) in [5, 5.41) is 20.6. The van der Waals surface area contributed by atoms with E-state index in [1.54, 1.807) is 19.1 Å². The van der Waals surface area contributed by atoms with Crippen LogP contribution in [0.25, 0.3) is 0 Å². The third-order valence-corrected chi connectivity index (χ3v) is 4.47. The minimum atomic E-state index is -0.709. The Morgan fingerprint density at radius 1 is 1.26 bits per heavy atom. The van der Waals surface area contributed by atoms with Crippen LogP contribution in [0.5, 0.6) is 5.75 Å². The number of non-ortho nitro benzene ring substituents is 1. The van der Waals surface area contributed by atoms with E-state index in [4.69, 9.17) is 4.74 Å². The molecule has 0 spiro atoms. The Balaban J connectivity index is 1.69. The molecule has 1 heterocycles. The maximum Gasteiger partial charge on any atom is 0.338 e. The van der Waals surface area contributed by atoms with Gasteiger partial charge in [0.2, 0.25) is 0 Å². The summed E-state index contributed by atoms with van der Waals surface area (Å²) in [4.78, 5) is 36.5. The highest BCUT2D eigenvalue weighted by Gasteiger charge is 2.25. The van der Waals surface area contributed by atoms with Crippen molar-refractivity contribution in [3.05, 3.63) is 63.2 Å². The number of hydrogen-bond donors (Lipinski definition) is 1. The van der Waals surface area contributed by atoms with Crippen molar-refractivity contribution in [2.24, 2.45) is 0 Å². The zero-order valence-electron chi connectivity index (χ0n) is 14.7. The average Bonchev–Trinajstić information content (AvgIpc) is 2.66. The summed E-state index contributed by atoms with van der Waals surface area (Å²) in [7, 11) is 0. The van der Waals surface area contributed by atoms with Gasteiger partial charge in [0, 0.05) is 24.4 Å². The summed E-state index contributed by atoms with van der Waals surface area (Å²) < 4.78 is 5.07. The molecule has 0 atom stereocenters. The average molecular weight is 370 g/mol. The van der Waals surface area contributed by atoms with Gasteiger partial charge in [0.05, 0.1) is 10.5 Å². The van der Waals surface area contributed by atoms with Crippen molar-refractivity contribution in [3.63, 3.8) is 0 Å². The van der Waals surface area contributed by atoms with Gasteiger partial charge in [-0.3, -0.25) is 14.9 Å². The molecule has 27 heavy (non-hydrogen) atoms. The highest BCUT2D eigenvalue weighted by molar-refractivity contribution is 5.98. The summed E-state index contributed by atoms with van der Waals surface area (Å²) in [5.74, 6) is -1.14. The molecule has 1 aliphatic rings. The van der Waals surface area contributed by atoms with Gasteiger partial charge in [0.1, 0.15) is 5.75 Å². The van der Waals surface area contributed by atoms with E-state index in [0.717, 1.165) is 5.56 Å². The van der Waals surface area contributed by atoms with E-state index in [-0.39, 0.29) is 17.0 Å². The summed E-state index contributed by atoms with van der Waals surface area (Å²) in [6.45, 7) is 1.70. The predicted octanol–water partition coefficient (Wildman–Crippen LogP) is 2.75. The summed E-state index contributed by atoms with van der Waals surface area (Å²) in [5.41, 5.74) is 2.08. The number of carbonyl (C=O) groups excluding carboxylic acids is 2. The first-order chi connectivity index (χ1) is 12.9. The van der Waals surface area contributed by atoms with Crippen LogP contribution in [-0.2, 0) is 16.0 Å². The lowest BCUT2D eigenvalue weighted by Crippen LogP contribution is -2.38. The minimum absolute atomic E-state index is 0.0198. The molecule has 3 rings (SSSR count). The second-order valence-corrected chi connectivity index (χ2v) is 6.30. The van der Waals surface area contributed by atoms with Crippen molar-refractivity contribution >= 4 is 23.3 Å². The molecule has 0 radical (unpaired) electrons. The van der Waals surface area contributed by atoms with Crippen LogP contribution in [0.15, 0.2) is 36.4 Å². The van der Waals surface area contributed by atoms with E-state index >= 15 is 0 Å². The van der Waals surface area contributed by atoms with Gasteiger partial charge in [0.15, 0.2) is 6.61 Å². The fourth-order valence-electron chi connectivity index (χ4n) is 2.98. The molecule has 1 amide bonds. The molecule has 0 unspecified atom stereocenters. The fraction of sp³-hybridized carbons (Fsp3) is 0.263. The highest BCUT2D eigenvalue weighted by Crippen LogP contribution is 2.30. The van der Waals surface area contributed by atoms with Crippen LogP contribution in [0, 0.1) is 17.0 Å². The van der Waals surface area contributed by atoms with Crippen LogP contribution in [0.4, 0.5) is 11.4 Å². The molecule has 0 saturated carbocycles. The van der Waals surface area contributed by atoms with Crippen LogP contribution in [0.1, 0.15) is 27.9 Å². The number of carbonyl (C=O) groups is 2. The summed E-state index contributed by atoms with van der Waals surface area (Å²) >= 11 is 0. The molecule has 1 N–H and O–H groups in total. The molecule has 0 aliphatic carbocycles. The Labute approximate surface area is 155 Å². The number of fused-ring (bicyclic) bond motifs is 1. The normalized spacial score (nSPS) is 13.0. The lowest BCUT2D eigenvalue weighted by molar-refractivity contribution is -0.384. The van der Waals surface area contributed by atoms with E-state index in [1.807, 2.05) is 0 Å². The van der Waals surface area contributed by atoms with Crippen molar-refractivity contribution in [1.82, 2.24) is 0 Å². The number of amides is 1. The van der Waals surface area contributed by atoms with E-state index in [9.17, 15) is 24.8 Å². The largest absolute Gasteiger partial charge is 0.508 e. The number of phenols is 1. The second kappa shape index (κ2) is 7.45. The maximum atomic E-state index is 12.5. The number of nitro benzene ring substituents is 1. The lowest BCUT2D eigenvalue weighted by atomic mass is 10.0. The number of aryl methyl sites for hydroxylation is 2. The predicted molar refractivity (Wildman–Crippen MR) is 96.9 cm³/mol. The fourth-order valence-corrected chi connectivity index (χ4v) is 2.98. The van der Waals surface area contributed by atoms with Crippen molar-refractivity contribution in [2.45, 2.75) is 19.8 Å². The smallest absolute Gasteiger partial charge is 0.338 e. The maximum absolute atomic E-state index is 12.5. The van der Waals surface area contributed by atoms with Crippen LogP contribution < -0.4 is 4.90 Å². The number of benzene rings is 2. The van der Waals surface area contributed by atoms with Gasteiger partial charge in [-0.25, -0.2) is 4.79 Å². The summed E-state index contributed by atoms with van der Waals surface area (Å²) in [6, 6.07) is 8.75. The topological polar surface area (TPSA) is 110 Å². The molecule has 1 aliphatic heterocycles. The number of nitrogens with zero attached hydrogens (tertiary/aromatic N) is 2. The molecule has 8 heteroatoms. The minimum Gasteiger partial charge on any atom is -0.508 e. The molecule has 2 aromatic rings. The quantitative estimate of drug-likeness (QED) is 0.503. The van der Waals surface area contributed by atoms with Gasteiger partial charge in [-0.1, -0.05) is 6.07 Å². The van der Waals surface area contributed by atoms with Crippen LogP contribution >= 0.6 is 0 Å². The Hall–Kier alpha value is -3.42. The first-order valence-electron chi connectivity index (χ1n) is 8.41. The number of ether oxygens (including phenoxy) is 1. The van der Waals surface area contributed by atoms with Gasteiger partial charge in [-0.15, -0.1) is 0 Å². The zero-order chi connectivity index (χ0) is 19.6. The van der Waals surface area contributed by atoms with Crippen molar-refractivity contribution < 1.29 is 24.4 Å². The monoisotopic (exact) mass is 370 g/mol. The number of hydrogen-bond acceptors (Lipinski definition) is 6. The van der Waals surface area contributed by atoms with Gasteiger partial charge in [0.25, 0.3) is 11.6 Å². The number of aromatic hydroxyl groups is 1. The molecule has 140 valence electrons. The first-order valence-corrected chi connectivity index (χ1v) is 8.41. The van der Waals surface area contributed by atoms with Gasteiger partial charge in [-0.05, 0) is 49.1 Å². The van der Waals surface area contributed by atoms with E-state index < -0.39 is 23.4 Å². The molecular weight excluding hydrogens is 352 g/mol. The number of esters is 1. The number of anilines is 1. The lowest BCUT2D eigenvalue weighted by Gasteiger charge is -2.29. The molecular formula is C19H18N2O6. The van der Waals surface area contributed by atoms with Gasteiger partial charge >= 0.3 is 5.97 Å². The number of phenolic OH excluding ortho intramolecular Hbond substituents is 1. The third kappa shape index (κ3) is 3.89. The molecule has 2 aromatic carbocycles. The van der Waals surface area contributed by atoms with Crippen LogP contribution in [0.3, 0.4) is 0 Å². The number of nitro groups is 1. The van der Waals surface area contributed by atoms with Gasteiger partial charge in [-0.2, -0.15) is 0 Å². The molecule has 0 aromatic heterocycles. The SMILES string of the molecule is Cc1ccc(C(=O)OCC(=O)N2CCCc3cc([N+](=O)[O-])ccc32)cc1O. The molecule has 0 saturated heterocycles. The Morgan fingerprint density at radius 3 is 2.74 bits per heavy atom. The Morgan fingerprint density at radius 2 is 2.04 bits per heavy atom. The van der Waals surface area contributed by atoms with Crippen molar-refractivity contribution in [3.8, 4) is 5.75 Å². The van der Waals surface area contributed by atoms with Gasteiger partial charge < -0.3 is 14.7 Å².